The van der Waals surface area contributed by atoms with Gasteiger partial charge in [0.1, 0.15) is 5.78 Å². The van der Waals surface area contributed by atoms with Gasteiger partial charge in [-0.2, -0.15) is 0 Å². The minimum absolute atomic E-state index is 0.161. The number of rotatable bonds is 7. The van der Waals surface area contributed by atoms with Crippen LogP contribution in [0.2, 0.25) is 0 Å². The van der Waals surface area contributed by atoms with Gasteiger partial charge in [-0.25, -0.2) is 0 Å². The fraction of sp³-hybridized carbons (Fsp3) is 0.867. The van der Waals surface area contributed by atoms with Gasteiger partial charge in [-0.15, -0.1) is 0 Å². The molecular formula is C15H27NO3. The Kier molecular flexibility index (Phi) is 7.72. The van der Waals surface area contributed by atoms with Gasteiger partial charge in [-0.05, 0) is 32.7 Å². The highest BCUT2D eigenvalue weighted by Crippen LogP contribution is 2.19. The van der Waals surface area contributed by atoms with Crippen LogP contribution in [0.15, 0.2) is 0 Å². The number of likely N-dealkylation sites (tertiary alicyclic amines) is 1. The quantitative estimate of drug-likeness (QED) is 0.666. The topological polar surface area (TPSA) is 46.6 Å². The molecule has 0 spiro atoms. The lowest BCUT2D eigenvalue weighted by Gasteiger charge is -2.28. The zero-order chi connectivity index (χ0) is 14.1. The van der Waals surface area contributed by atoms with Crippen molar-refractivity contribution in [2.24, 2.45) is 0 Å². The van der Waals surface area contributed by atoms with Crippen molar-refractivity contribution in [3.63, 3.8) is 0 Å². The van der Waals surface area contributed by atoms with Crippen LogP contribution >= 0.6 is 0 Å². The summed E-state index contributed by atoms with van der Waals surface area (Å²) in [7, 11) is 0. The van der Waals surface area contributed by atoms with Gasteiger partial charge in [-0.1, -0.05) is 19.8 Å². The Labute approximate surface area is 116 Å². The number of carbonyl (C=O) groups excluding carboxylic acids is 2. The molecule has 1 saturated heterocycles. The van der Waals surface area contributed by atoms with Crippen molar-refractivity contribution in [1.29, 1.82) is 0 Å². The molecule has 1 fully saturated rings. The number of nitrogens with zero attached hydrogens (tertiary/aromatic N) is 1. The Morgan fingerprint density at radius 1 is 1.16 bits per heavy atom. The van der Waals surface area contributed by atoms with Crippen LogP contribution in [0.5, 0.6) is 0 Å². The van der Waals surface area contributed by atoms with Crippen LogP contribution < -0.4 is 0 Å². The lowest BCUT2D eigenvalue weighted by Crippen LogP contribution is -2.38. The highest BCUT2D eigenvalue weighted by Gasteiger charge is 2.21. The molecule has 1 unspecified atom stereocenters. The van der Waals surface area contributed by atoms with Crippen molar-refractivity contribution < 1.29 is 14.3 Å². The first-order valence-electron chi connectivity index (χ1n) is 7.58. The molecule has 0 bridgehead atoms. The molecule has 0 saturated carbocycles. The number of ketones is 1. The van der Waals surface area contributed by atoms with Gasteiger partial charge in [0.05, 0.1) is 19.6 Å². The Hall–Kier alpha value is -0.900. The van der Waals surface area contributed by atoms with E-state index in [1.807, 2.05) is 0 Å². The van der Waals surface area contributed by atoms with Crippen LogP contribution in [0.3, 0.4) is 0 Å². The Morgan fingerprint density at radius 2 is 1.95 bits per heavy atom. The van der Waals surface area contributed by atoms with E-state index in [1.54, 1.807) is 6.92 Å². The third-order valence-corrected chi connectivity index (χ3v) is 3.76. The van der Waals surface area contributed by atoms with Gasteiger partial charge in [0.2, 0.25) is 0 Å². The minimum atomic E-state index is -0.265. The summed E-state index contributed by atoms with van der Waals surface area (Å²) in [6.07, 6.45) is 6.55. The van der Waals surface area contributed by atoms with E-state index in [0.29, 0.717) is 25.6 Å². The van der Waals surface area contributed by atoms with Gasteiger partial charge < -0.3 is 4.74 Å². The number of hydrogen-bond acceptors (Lipinski definition) is 4. The van der Waals surface area contributed by atoms with Crippen LogP contribution in [0.25, 0.3) is 0 Å². The third-order valence-electron chi connectivity index (χ3n) is 3.76. The predicted octanol–water partition coefficient (Wildman–Crippen LogP) is 2.55. The maximum Gasteiger partial charge on any atom is 0.306 e. The Balaban J connectivity index is 2.34. The second kappa shape index (κ2) is 9.08. The molecule has 4 heteroatoms. The van der Waals surface area contributed by atoms with E-state index in [4.69, 9.17) is 4.74 Å². The van der Waals surface area contributed by atoms with E-state index in [9.17, 15) is 9.59 Å². The van der Waals surface area contributed by atoms with E-state index >= 15 is 0 Å². The van der Waals surface area contributed by atoms with Crippen molar-refractivity contribution >= 4 is 11.8 Å². The predicted molar refractivity (Wildman–Crippen MR) is 75.0 cm³/mol. The lowest BCUT2D eigenvalue weighted by molar-refractivity contribution is -0.144. The summed E-state index contributed by atoms with van der Waals surface area (Å²) in [6, 6.07) is 0.536. The molecular weight excluding hydrogens is 242 g/mol. The van der Waals surface area contributed by atoms with E-state index in [2.05, 4.69) is 11.8 Å². The van der Waals surface area contributed by atoms with E-state index in [-0.39, 0.29) is 18.2 Å². The molecule has 1 rings (SSSR count). The fourth-order valence-electron chi connectivity index (χ4n) is 2.69. The molecule has 0 aromatic carbocycles. The first kappa shape index (κ1) is 16.2. The van der Waals surface area contributed by atoms with Crippen LogP contribution in [-0.4, -0.2) is 42.4 Å². The summed E-state index contributed by atoms with van der Waals surface area (Å²) >= 11 is 0. The summed E-state index contributed by atoms with van der Waals surface area (Å²) in [5.41, 5.74) is 0. The largest absolute Gasteiger partial charge is 0.466 e. The highest BCUT2D eigenvalue weighted by molar-refractivity contribution is 5.84. The van der Waals surface area contributed by atoms with E-state index in [0.717, 1.165) is 13.0 Å². The molecule has 0 aromatic rings. The third kappa shape index (κ3) is 6.19. The van der Waals surface area contributed by atoms with Crippen molar-refractivity contribution in [3.05, 3.63) is 0 Å². The van der Waals surface area contributed by atoms with Crippen molar-refractivity contribution in [2.75, 3.05) is 19.7 Å². The molecule has 0 radical (unpaired) electrons. The minimum Gasteiger partial charge on any atom is -0.466 e. The van der Waals surface area contributed by atoms with E-state index < -0.39 is 0 Å². The van der Waals surface area contributed by atoms with Gasteiger partial charge in [-0.3, -0.25) is 14.5 Å². The highest BCUT2D eigenvalue weighted by atomic mass is 16.5. The average molecular weight is 269 g/mol. The van der Waals surface area contributed by atoms with Crippen LogP contribution in [0, 0.1) is 0 Å². The average Bonchev–Trinajstić information content (AvgIpc) is 2.62. The standard InChI is InChI=1S/C15H27NO3/c1-3-13-8-6-5-7-11-16(13)12-14(17)9-10-15(18)19-4-2/h13H,3-12H2,1-2H3. The number of carbonyl (C=O) groups is 2. The van der Waals surface area contributed by atoms with Crippen molar-refractivity contribution in [3.8, 4) is 0 Å². The molecule has 0 amide bonds. The smallest absolute Gasteiger partial charge is 0.306 e. The number of Topliss-reactive ketones (excluding diaryl/α,β-unsaturated/α-hetero) is 1. The molecule has 0 aromatic heterocycles. The van der Waals surface area contributed by atoms with Crippen LogP contribution in [0.1, 0.15) is 58.8 Å². The zero-order valence-corrected chi connectivity index (χ0v) is 12.3. The number of esters is 1. The van der Waals surface area contributed by atoms with E-state index in [1.165, 1.54) is 25.7 Å². The van der Waals surface area contributed by atoms with Crippen LogP contribution in [0.4, 0.5) is 0 Å². The number of ether oxygens (including phenoxy) is 1. The first-order valence-corrected chi connectivity index (χ1v) is 7.58. The SMILES string of the molecule is CCOC(=O)CCC(=O)CN1CCCCCC1CC. The normalized spacial score (nSPS) is 20.8. The van der Waals surface area contributed by atoms with Crippen molar-refractivity contribution in [2.45, 2.75) is 64.8 Å². The molecule has 4 nitrogen and oxygen atoms in total. The lowest BCUT2D eigenvalue weighted by atomic mass is 10.1. The molecule has 1 aliphatic heterocycles. The Morgan fingerprint density at radius 3 is 2.63 bits per heavy atom. The van der Waals surface area contributed by atoms with Gasteiger partial charge in [0, 0.05) is 12.5 Å². The second-order valence-electron chi connectivity index (χ2n) is 5.23. The number of hydrogen-bond donors (Lipinski definition) is 0. The molecule has 110 valence electrons. The molecule has 19 heavy (non-hydrogen) atoms. The summed E-state index contributed by atoms with van der Waals surface area (Å²) in [5, 5.41) is 0. The molecule has 1 atom stereocenters. The van der Waals surface area contributed by atoms with Crippen molar-refractivity contribution in [1.82, 2.24) is 4.90 Å². The van der Waals surface area contributed by atoms with Crippen LogP contribution in [-0.2, 0) is 14.3 Å². The molecule has 0 aliphatic carbocycles. The monoisotopic (exact) mass is 269 g/mol. The first-order chi connectivity index (χ1) is 9.17. The Bertz CT molecular complexity index is 291. The molecule has 1 heterocycles. The van der Waals surface area contributed by atoms with Gasteiger partial charge in [0.15, 0.2) is 0 Å². The second-order valence-corrected chi connectivity index (χ2v) is 5.23. The molecule has 1 aliphatic rings. The summed E-state index contributed by atoms with van der Waals surface area (Å²) in [5.74, 6) is -0.104. The summed E-state index contributed by atoms with van der Waals surface area (Å²) in [4.78, 5) is 25.5. The fourth-order valence-corrected chi connectivity index (χ4v) is 2.69. The summed E-state index contributed by atoms with van der Waals surface area (Å²) in [6.45, 7) is 5.87. The molecule has 0 N–H and O–H groups in total. The maximum absolute atomic E-state index is 11.9. The maximum atomic E-state index is 11.9. The van der Waals surface area contributed by atoms with Gasteiger partial charge in [0.25, 0.3) is 0 Å². The zero-order valence-electron chi connectivity index (χ0n) is 12.3. The van der Waals surface area contributed by atoms with Gasteiger partial charge >= 0.3 is 5.97 Å². The summed E-state index contributed by atoms with van der Waals surface area (Å²) < 4.78 is 4.84.